The Labute approximate surface area is 176 Å². The maximum absolute atomic E-state index is 5.74. The molecule has 0 radical (unpaired) electrons. The second kappa shape index (κ2) is 8.39. The van der Waals surface area contributed by atoms with E-state index in [-0.39, 0.29) is 12.1 Å². The van der Waals surface area contributed by atoms with E-state index >= 15 is 0 Å². The summed E-state index contributed by atoms with van der Waals surface area (Å²) >= 11 is 5.74. The van der Waals surface area contributed by atoms with Gasteiger partial charge in [0, 0.05) is 31.2 Å². The summed E-state index contributed by atoms with van der Waals surface area (Å²) in [5.74, 6) is 0.883. The van der Waals surface area contributed by atoms with Crippen LogP contribution in [0, 0.1) is 13.8 Å². The normalized spacial score (nSPS) is 19.0. The molecule has 1 aliphatic rings. The van der Waals surface area contributed by atoms with Gasteiger partial charge in [0.25, 0.3) is 0 Å². The van der Waals surface area contributed by atoms with Gasteiger partial charge in [-0.05, 0) is 62.0 Å². The molecule has 0 aromatic carbocycles. The van der Waals surface area contributed by atoms with Crippen molar-refractivity contribution in [2.45, 2.75) is 39.0 Å². The van der Waals surface area contributed by atoms with Gasteiger partial charge in [0.1, 0.15) is 5.76 Å². The minimum atomic E-state index is -0.0324. The van der Waals surface area contributed by atoms with Gasteiger partial charge >= 0.3 is 0 Å². The summed E-state index contributed by atoms with van der Waals surface area (Å²) in [6.07, 6.45) is 3.53. The molecule has 1 N–H and O–H groups in total. The molecule has 3 aromatic rings. The number of methoxy groups -OCH3 is 1. The predicted octanol–water partition coefficient (Wildman–Crippen LogP) is 3.91. The summed E-state index contributed by atoms with van der Waals surface area (Å²) < 4.78 is 13.2. The molecule has 0 amide bonds. The lowest BCUT2D eigenvalue weighted by Gasteiger charge is -2.27. The van der Waals surface area contributed by atoms with Crippen LogP contribution in [0.25, 0.3) is 0 Å². The Hall–Kier alpha value is -2.64. The Morgan fingerprint density at radius 2 is 2.10 bits per heavy atom. The molecule has 1 aliphatic heterocycles. The highest BCUT2D eigenvalue weighted by molar-refractivity contribution is 7.80. The van der Waals surface area contributed by atoms with Crippen molar-refractivity contribution in [3.63, 3.8) is 0 Å². The minimum Gasteiger partial charge on any atom is -0.467 e. The standard InChI is InChI=1S/C22H26N4O2S/c1-15-13-18(16(2)25(15)10-12-27-3)21-20(19-8-4-5-9-23-19)24-22(29)26(21)14-17-7-6-11-28-17/h4-9,11,13,20-21H,10,12,14H2,1-3H3,(H,24,29)/t20-,21-/m0/s1. The number of aryl methyl sites for hydroxylation is 1. The first-order chi connectivity index (χ1) is 14.1. The molecule has 1 saturated heterocycles. The molecule has 3 aromatic heterocycles. The summed E-state index contributed by atoms with van der Waals surface area (Å²) in [6, 6.07) is 12.1. The number of hydrogen-bond acceptors (Lipinski definition) is 4. The number of hydrogen-bond donors (Lipinski definition) is 1. The van der Waals surface area contributed by atoms with Crippen LogP contribution in [0.15, 0.2) is 53.3 Å². The molecule has 1 fully saturated rings. The van der Waals surface area contributed by atoms with Crippen LogP contribution in [0.1, 0.15) is 40.5 Å². The molecule has 0 spiro atoms. The van der Waals surface area contributed by atoms with E-state index in [2.05, 4.69) is 39.7 Å². The number of pyridine rings is 1. The van der Waals surface area contributed by atoms with Crippen LogP contribution in [0.4, 0.5) is 0 Å². The Morgan fingerprint density at radius 1 is 1.24 bits per heavy atom. The minimum absolute atomic E-state index is 0.0185. The van der Waals surface area contributed by atoms with Gasteiger partial charge in [0.2, 0.25) is 0 Å². The zero-order chi connectivity index (χ0) is 20.4. The average molecular weight is 411 g/mol. The fraction of sp³-hybridized carbons (Fsp3) is 0.364. The molecule has 0 bridgehead atoms. The van der Waals surface area contributed by atoms with Crippen LogP contribution >= 0.6 is 12.2 Å². The Kier molecular flexibility index (Phi) is 5.69. The van der Waals surface area contributed by atoms with Gasteiger partial charge in [-0.3, -0.25) is 4.98 Å². The monoisotopic (exact) mass is 410 g/mol. The highest BCUT2D eigenvalue weighted by Gasteiger charge is 2.41. The molecule has 7 heteroatoms. The van der Waals surface area contributed by atoms with E-state index in [9.17, 15) is 0 Å². The van der Waals surface area contributed by atoms with E-state index in [1.807, 2.05) is 36.5 Å². The number of thiocarbonyl (C=S) groups is 1. The van der Waals surface area contributed by atoms with Crippen molar-refractivity contribution < 1.29 is 9.15 Å². The van der Waals surface area contributed by atoms with Crippen LogP contribution in [0.2, 0.25) is 0 Å². The van der Waals surface area contributed by atoms with Crippen LogP contribution in [-0.2, 0) is 17.8 Å². The van der Waals surface area contributed by atoms with E-state index in [1.54, 1.807) is 13.4 Å². The van der Waals surface area contributed by atoms with Crippen molar-refractivity contribution in [2.75, 3.05) is 13.7 Å². The summed E-state index contributed by atoms with van der Waals surface area (Å²) in [5, 5.41) is 4.21. The number of nitrogens with one attached hydrogen (secondary N) is 1. The zero-order valence-electron chi connectivity index (χ0n) is 17.0. The molecular weight excluding hydrogens is 384 g/mol. The number of ether oxygens (including phenoxy) is 1. The predicted molar refractivity (Wildman–Crippen MR) is 115 cm³/mol. The maximum Gasteiger partial charge on any atom is 0.170 e. The number of aromatic nitrogens is 2. The fourth-order valence-corrected chi connectivity index (χ4v) is 4.44. The first-order valence-corrected chi connectivity index (χ1v) is 10.2. The average Bonchev–Trinajstić information content (AvgIpc) is 3.42. The van der Waals surface area contributed by atoms with Crippen molar-refractivity contribution in [2.24, 2.45) is 0 Å². The van der Waals surface area contributed by atoms with E-state index in [0.717, 1.165) is 18.0 Å². The number of rotatable bonds is 7. The Bertz CT molecular complexity index is 968. The van der Waals surface area contributed by atoms with Gasteiger partial charge in [0.05, 0.1) is 37.2 Å². The lowest BCUT2D eigenvalue weighted by atomic mass is 9.96. The SMILES string of the molecule is COCCn1c(C)cc([C@H]2[C@H](c3ccccn3)NC(=S)N2Cc2ccco2)c1C. The van der Waals surface area contributed by atoms with Gasteiger partial charge in [0.15, 0.2) is 5.11 Å². The van der Waals surface area contributed by atoms with Crippen LogP contribution in [-0.4, -0.2) is 33.3 Å². The number of nitrogens with zero attached hydrogens (tertiary/aromatic N) is 3. The summed E-state index contributed by atoms with van der Waals surface area (Å²) in [7, 11) is 1.73. The first kappa shape index (κ1) is 19.7. The molecule has 6 nitrogen and oxygen atoms in total. The first-order valence-electron chi connectivity index (χ1n) is 9.76. The van der Waals surface area contributed by atoms with E-state index in [0.29, 0.717) is 18.3 Å². The van der Waals surface area contributed by atoms with Gasteiger partial charge in [-0.2, -0.15) is 0 Å². The van der Waals surface area contributed by atoms with Gasteiger partial charge < -0.3 is 23.9 Å². The smallest absolute Gasteiger partial charge is 0.170 e. The second-order valence-electron chi connectivity index (χ2n) is 7.30. The van der Waals surface area contributed by atoms with Crippen molar-refractivity contribution in [1.29, 1.82) is 0 Å². The molecule has 4 rings (SSSR count). The zero-order valence-corrected chi connectivity index (χ0v) is 17.8. The molecule has 0 saturated carbocycles. The van der Waals surface area contributed by atoms with E-state index in [4.69, 9.17) is 21.4 Å². The van der Waals surface area contributed by atoms with Crippen molar-refractivity contribution >= 4 is 17.3 Å². The van der Waals surface area contributed by atoms with Gasteiger partial charge in [-0.25, -0.2) is 0 Å². The third-order valence-corrected chi connectivity index (χ3v) is 5.91. The summed E-state index contributed by atoms with van der Waals surface area (Å²) in [6.45, 7) is 6.41. The summed E-state index contributed by atoms with van der Waals surface area (Å²) in [5.41, 5.74) is 4.66. The largest absolute Gasteiger partial charge is 0.467 e. The topological polar surface area (TPSA) is 55.5 Å². The van der Waals surface area contributed by atoms with Crippen LogP contribution in [0.5, 0.6) is 0 Å². The highest BCUT2D eigenvalue weighted by Crippen LogP contribution is 2.41. The second-order valence-corrected chi connectivity index (χ2v) is 7.69. The van der Waals surface area contributed by atoms with E-state index < -0.39 is 0 Å². The van der Waals surface area contributed by atoms with Crippen molar-refractivity contribution in [3.05, 3.63) is 77.3 Å². The number of furan rings is 1. The van der Waals surface area contributed by atoms with Crippen molar-refractivity contribution in [3.8, 4) is 0 Å². The van der Waals surface area contributed by atoms with Gasteiger partial charge in [-0.15, -0.1) is 0 Å². The lowest BCUT2D eigenvalue weighted by molar-refractivity contribution is 0.186. The molecule has 0 aliphatic carbocycles. The molecular formula is C22H26N4O2S. The fourth-order valence-electron chi connectivity index (χ4n) is 4.14. The van der Waals surface area contributed by atoms with Crippen LogP contribution in [0.3, 0.4) is 0 Å². The van der Waals surface area contributed by atoms with Crippen LogP contribution < -0.4 is 5.32 Å². The Morgan fingerprint density at radius 3 is 2.79 bits per heavy atom. The molecule has 29 heavy (non-hydrogen) atoms. The van der Waals surface area contributed by atoms with E-state index in [1.165, 1.54) is 17.0 Å². The molecule has 152 valence electrons. The Balaban J connectivity index is 1.76. The maximum atomic E-state index is 5.74. The molecule has 4 heterocycles. The highest BCUT2D eigenvalue weighted by atomic mass is 32.1. The van der Waals surface area contributed by atoms with Gasteiger partial charge in [-0.1, -0.05) is 6.07 Å². The lowest BCUT2D eigenvalue weighted by Crippen LogP contribution is -2.29. The molecule has 0 unspecified atom stereocenters. The molecule has 2 atom stereocenters. The quantitative estimate of drug-likeness (QED) is 0.596. The van der Waals surface area contributed by atoms with Crippen molar-refractivity contribution in [1.82, 2.24) is 19.8 Å². The third-order valence-electron chi connectivity index (χ3n) is 5.55. The summed E-state index contributed by atoms with van der Waals surface area (Å²) in [4.78, 5) is 6.82. The third kappa shape index (κ3) is 3.80.